The van der Waals surface area contributed by atoms with Gasteiger partial charge in [0.15, 0.2) is 0 Å². The number of nitriles is 1. The predicted molar refractivity (Wildman–Crippen MR) is 96.8 cm³/mol. The third kappa shape index (κ3) is 3.68. The van der Waals surface area contributed by atoms with Crippen LogP contribution in [-0.2, 0) is 9.47 Å². The van der Waals surface area contributed by atoms with Gasteiger partial charge >= 0.3 is 6.09 Å². The lowest BCUT2D eigenvalue weighted by Crippen LogP contribution is -2.57. The van der Waals surface area contributed by atoms with Crippen LogP contribution >= 0.6 is 0 Å². The number of methoxy groups -OCH3 is 1. The molecule has 2 atom stereocenters. The maximum absolute atomic E-state index is 12.6. The molecular weight excluding hydrogens is 332 g/mol. The van der Waals surface area contributed by atoms with Gasteiger partial charge in [-0.25, -0.2) is 4.79 Å². The number of morpholine rings is 1. The van der Waals surface area contributed by atoms with Crippen LogP contribution in [0.25, 0.3) is 5.57 Å². The molecule has 0 N–H and O–H groups in total. The van der Waals surface area contributed by atoms with Crippen molar-refractivity contribution in [1.82, 2.24) is 4.90 Å². The summed E-state index contributed by atoms with van der Waals surface area (Å²) in [5, 5.41) is 9.21. The van der Waals surface area contributed by atoms with Gasteiger partial charge in [0.2, 0.25) is 0 Å². The molecule has 2 aliphatic rings. The normalized spacial score (nSPS) is 22.3. The van der Waals surface area contributed by atoms with E-state index in [0.29, 0.717) is 25.2 Å². The lowest BCUT2D eigenvalue weighted by Gasteiger charge is -2.44. The van der Waals surface area contributed by atoms with E-state index in [2.05, 4.69) is 6.07 Å². The Balaban J connectivity index is 1.94. The second-order valence-corrected chi connectivity index (χ2v) is 7.57. The molecule has 3 rings (SSSR count). The fraction of sp³-hybridized carbons (Fsp3) is 0.500. The lowest BCUT2D eigenvalue weighted by molar-refractivity contribution is -0.0510. The van der Waals surface area contributed by atoms with E-state index in [-0.39, 0.29) is 18.2 Å². The molecule has 0 aliphatic carbocycles. The Morgan fingerprint density at radius 3 is 2.73 bits per heavy atom. The van der Waals surface area contributed by atoms with Gasteiger partial charge in [0.05, 0.1) is 44.0 Å². The second-order valence-electron chi connectivity index (χ2n) is 7.57. The first-order valence-corrected chi connectivity index (χ1v) is 8.70. The van der Waals surface area contributed by atoms with Crippen molar-refractivity contribution >= 4 is 11.7 Å². The molecule has 2 bridgehead atoms. The van der Waals surface area contributed by atoms with Crippen LogP contribution < -0.4 is 4.74 Å². The number of ether oxygens (including phenoxy) is 3. The molecule has 1 amide bonds. The van der Waals surface area contributed by atoms with Gasteiger partial charge in [-0.3, -0.25) is 4.90 Å². The van der Waals surface area contributed by atoms with Crippen molar-refractivity contribution in [2.24, 2.45) is 0 Å². The van der Waals surface area contributed by atoms with Gasteiger partial charge in [-0.15, -0.1) is 0 Å². The van der Waals surface area contributed by atoms with Crippen LogP contribution in [0, 0.1) is 11.3 Å². The van der Waals surface area contributed by atoms with Gasteiger partial charge in [-0.2, -0.15) is 5.26 Å². The molecule has 1 saturated heterocycles. The summed E-state index contributed by atoms with van der Waals surface area (Å²) in [5.41, 5.74) is 2.00. The number of rotatable bonds is 2. The van der Waals surface area contributed by atoms with Crippen LogP contribution in [0.5, 0.6) is 5.75 Å². The Hall–Kier alpha value is -2.52. The van der Waals surface area contributed by atoms with Crippen molar-refractivity contribution < 1.29 is 19.0 Å². The molecule has 1 fully saturated rings. The van der Waals surface area contributed by atoms with Gasteiger partial charge in [0.25, 0.3) is 0 Å². The Labute approximate surface area is 153 Å². The summed E-state index contributed by atoms with van der Waals surface area (Å²) >= 11 is 0. The van der Waals surface area contributed by atoms with Crippen LogP contribution in [0.1, 0.15) is 38.3 Å². The van der Waals surface area contributed by atoms with Crippen LogP contribution in [0.4, 0.5) is 4.79 Å². The van der Waals surface area contributed by atoms with Crippen LogP contribution in [0.15, 0.2) is 24.3 Å². The van der Waals surface area contributed by atoms with Gasteiger partial charge in [0.1, 0.15) is 11.4 Å². The highest BCUT2D eigenvalue weighted by molar-refractivity contribution is 5.77. The molecule has 138 valence electrons. The van der Waals surface area contributed by atoms with E-state index in [1.54, 1.807) is 24.1 Å². The molecule has 6 nitrogen and oxygen atoms in total. The maximum atomic E-state index is 12.6. The standard InChI is InChI=1S/C20H24N2O4/c1-20(2,3)26-19(23)22-15-8-14(9-16(22)12-25-11-15)17-7-13(10-21)5-6-18(17)24-4/h5-8,15-16H,9,11-12H2,1-4H3. The Morgan fingerprint density at radius 1 is 1.35 bits per heavy atom. The molecule has 6 heteroatoms. The topological polar surface area (TPSA) is 71.8 Å². The lowest BCUT2D eigenvalue weighted by atomic mass is 9.89. The van der Waals surface area contributed by atoms with Crippen molar-refractivity contribution in [3.63, 3.8) is 0 Å². The Kier molecular flexibility index (Phi) is 4.92. The molecule has 2 heterocycles. The van der Waals surface area contributed by atoms with Crippen LogP contribution in [-0.4, -0.2) is 49.0 Å². The van der Waals surface area contributed by atoms with Gasteiger partial charge in [0, 0.05) is 5.56 Å². The zero-order valence-corrected chi connectivity index (χ0v) is 15.6. The summed E-state index contributed by atoms with van der Waals surface area (Å²) < 4.78 is 16.7. The minimum absolute atomic E-state index is 0.0981. The number of carbonyl (C=O) groups excluding carboxylic acids is 1. The highest BCUT2D eigenvalue weighted by Crippen LogP contribution is 2.37. The van der Waals surface area contributed by atoms with Gasteiger partial charge in [-0.05, 0) is 51.0 Å². The summed E-state index contributed by atoms with van der Waals surface area (Å²) in [6, 6.07) is 7.26. The smallest absolute Gasteiger partial charge is 0.411 e. The number of hydrogen-bond donors (Lipinski definition) is 0. The summed E-state index contributed by atoms with van der Waals surface area (Å²) in [6.45, 7) is 6.48. The number of amides is 1. The molecule has 0 aromatic heterocycles. The number of nitrogens with zero attached hydrogens (tertiary/aromatic N) is 2. The maximum Gasteiger partial charge on any atom is 0.411 e. The number of benzene rings is 1. The van der Waals surface area contributed by atoms with Crippen molar-refractivity contribution in [1.29, 1.82) is 5.26 Å². The first kappa shape index (κ1) is 18.3. The molecule has 0 saturated carbocycles. The van der Waals surface area contributed by atoms with Crippen molar-refractivity contribution in [3.05, 3.63) is 35.4 Å². The SMILES string of the molecule is COc1ccc(C#N)cc1C1=CC2COCC(C1)N2C(=O)OC(C)(C)C. The largest absolute Gasteiger partial charge is 0.496 e. The quantitative estimate of drug-likeness (QED) is 0.812. The molecule has 26 heavy (non-hydrogen) atoms. The fourth-order valence-corrected chi connectivity index (χ4v) is 3.42. The van der Waals surface area contributed by atoms with E-state index in [9.17, 15) is 10.1 Å². The molecule has 2 unspecified atom stereocenters. The number of fused-ring (bicyclic) bond motifs is 2. The number of carbonyl (C=O) groups is 1. The summed E-state index contributed by atoms with van der Waals surface area (Å²) in [6.07, 6.45) is 2.34. The first-order chi connectivity index (χ1) is 12.3. The van der Waals surface area contributed by atoms with E-state index in [1.165, 1.54) is 0 Å². The van der Waals surface area contributed by atoms with E-state index in [4.69, 9.17) is 14.2 Å². The molecule has 0 radical (unpaired) electrons. The average Bonchev–Trinajstić information content (AvgIpc) is 2.58. The molecule has 2 aliphatic heterocycles. The minimum atomic E-state index is -0.541. The van der Waals surface area contributed by atoms with Crippen molar-refractivity contribution in [2.45, 2.75) is 44.9 Å². The molecule has 0 spiro atoms. The first-order valence-electron chi connectivity index (χ1n) is 8.70. The summed E-state index contributed by atoms with van der Waals surface area (Å²) in [4.78, 5) is 14.4. The van der Waals surface area contributed by atoms with E-state index in [0.717, 1.165) is 16.9 Å². The van der Waals surface area contributed by atoms with Gasteiger partial charge < -0.3 is 14.2 Å². The Morgan fingerprint density at radius 2 is 2.12 bits per heavy atom. The zero-order valence-electron chi connectivity index (χ0n) is 15.6. The van der Waals surface area contributed by atoms with Crippen LogP contribution in [0.3, 0.4) is 0 Å². The summed E-state index contributed by atoms with van der Waals surface area (Å²) in [7, 11) is 1.62. The van der Waals surface area contributed by atoms with E-state index in [1.807, 2.05) is 32.9 Å². The third-order valence-corrected chi connectivity index (χ3v) is 4.48. The second kappa shape index (κ2) is 7.00. The highest BCUT2D eigenvalue weighted by Gasteiger charge is 2.40. The predicted octanol–water partition coefficient (Wildman–Crippen LogP) is 3.36. The monoisotopic (exact) mass is 356 g/mol. The summed E-state index contributed by atoms with van der Waals surface area (Å²) in [5.74, 6) is 0.722. The van der Waals surface area contributed by atoms with Crippen molar-refractivity contribution in [2.75, 3.05) is 20.3 Å². The zero-order chi connectivity index (χ0) is 18.9. The van der Waals surface area contributed by atoms with Crippen molar-refractivity contribution in [3.8, 4) is 11.8 Å². The number of hydrogen-bond acceptors (Lipinski definition) is 5. The minimum Gasteiger partial charge on any atom is -0.496 e. The average molecular weight is 356 g/mol. The van der Waals surface area contributed by atoms with E-state index < -0.39 is 5.60 Å². The fourth-order valence-electron chi connectivity index (χ4n) is 3.42. The van der Waals surface area contributed by atoms with E-state index >= 15 is 0 Å². The van der Waals surface area contributed by atoms with Crippen LogP contribution in [0.2, 0.25) is 0 Å². The molecule has 1 aromatic carbocycles. The third-order valence-electron chi connectivity index (χ3n) is 4.48. The Bertz CT molecular complexity index is 773. The van der Waals surface area contributed by atoms with Gasteiger partial charge in [-0.1, -0.05) is 6.08 Å². The molecular formula is C20H24N2O4. The highest BCUT2D eigenvalue weighted by atomic mass is 16.6. The molecule has 1 aromatic rings.